The molecule has 1 aromatic heterocycles. The van der Waals surface area contributed by atoms with E-state index in [1.54, 1.807) is 0 Å². The molecule has 0 aliphatic carbocycles. The second-order valence-electron chi connectivity index (χ2n) is 4.31. The number of rotatable bonds is 4. The predicted molar refractivity (Wildman–Crippen MR) is 70.5 cm³/mol. The molecule has 3 heteroatoms. The monoisotopic (exact) mass is 230 g/mol. The molecular formula is C14H18N2O. The van der Waals surface area contributed by atoms with Gasteiger partial charge in [0.2, 0.25) is 0 Å². The number of nitrogens with one attached hydrogen (secondary N) is 2. The molecule has 1 atom stereocenters. The maximum Gasteiger partial charge on any atom is 0.181 e. The summed E-state index contributed by atoms with van der Waals surface area (Å²) in [7, 11) is 0. The van der Waals surface area contributed by atoms with Gasteiger partial charge in [-0.3, -0.25) is 4.79 Å². The first-order chi connectivity index (χ1) is 8.15. The Hall–Kier alpha value is -1.61. The largest absolute Gasteiger partial charge is 0.358 e. The van der Waals surface area contributed by atoms with Crippen molar-refractivity contribution in [3.63, 3.8) is 0 Å². The zero-order valence-corrected chi connectivity index (χ0v) is 10.5. The summed E-state index contributed by atoms with van der Waals surface area (Å²) in [6.45, 7) is 6.67. The number of aromatic amines is 1. The average molecular weight is 230 g/mol. The molecule has 0 bridgehead atoms. The van der Waals surface area contributed by atoms with Crippen LogP contribution in [0.4, 0.5) is 0 Å². The number of carbonyl (C=O) groups excluding carboxylic acids is 1. The maximum absolute atomic E-state index is 12.3. The van der Waals surface area contributed by atoms with Crippen LogP contribution in [0.1, 0.15) is 29.9 Å². The van der Waals surface area contributed by atoms with Gasteiger partial charge in [0.1, 0.15) is 0 Å². The quantitative estimate of drug-likeness (QED) is 0.793. The standard InChI is InChI=1S/C14H18N2O/c1-4-15-10(3)14(17)13-9(2)16-12-8-6-5-7-11(12)13/h5-8,10,15-16H,4H2,1-3H3. The number of benzene rings is 1. The van der Waals surface area contributed by atoms with Crippen LogP contribution >= 0.6 is 0 Å². The number of likely N-dealkylation sites (N-methyl/N-ethyl adjacent to an activating group) is 1. The van der Waals surface area contributed by atoms with Crippen molar-refractivity contribution in [3.05, 3.63) is 35.5 Å². The Labute approximate surface area is 101 Å². The molecule has 0 fully saturated rings. The van der Waals surface area contributed by atoms with Crippen LogP contribution in [0.2, 0.25) is 0 Å². The Morgan fingerprint density at radius 2 is 2.12 bits per heavy atom. The lowest BCUT2D eigenvalue weighted by molar-refractivity contribution is 0.0953. The number of para-hydroxylation sites is 1. The van der Waals surface area contributed by atoms with Crippen molar-refractivity contribution in [1.29, 1.82) is 0 Å². The number of carbonyl (C=O) groups is 1. The van der Waals surface area contributed by atoms with Gasteiger partial charge in [-0.2, -0.15) is 0 Å². The SMILES string of the molecule is CCNC(C)C(=O)c1c(C)[nH]c2ccccc12. The molecule has 2 N–H and O–H groups in total. The molecule has 2 aromatic rings. The Morgan fingerprint density at radius 3 is 2.82 bits per heavy atom. The highest BCUT2D eigenvalue weighted by Gasteiger charge is 2.20. The Morgan fingerprint density at radius 1 is 1.41 bits per heavy atom. The van der Waals surface area contributed by atoms with Gasteiger partial charge in [0, 0.05) is 22.2 Å². The topological polar surface area (TPSA) is 44.9 Å². The number of H-pyrrole nitrogens is 1. The second kappa shape index (κ2) is 4.72. The van der Waals surface area contributed by atoms with Crippen LogP contribution in [-0.2, 0) is 0 Å². The zero-order valence-electron chi connectivity index (χ0n) is 10.5. The smallest absolute Gasteiger partial charge is 0.181 e. The van der Waals surface area contributed by atoms with Crippen LogP contribution in [0.5, 0.6) is 0 Å². The van der Waals surface area contributed by atoms with E-state index in [0.717, 1.165) is 28.7 Å². The van der Waals surface area contributed by atoms with E-state index in [2.05, 4.69) is 10.3 Å². The van der Waals surface area contributed by atoms with Gasteiger partial charge in [-0.05, 0) is 26.5 Å². The molecule has 3 nitrogen and oxygen atoms in total. The van der Waals surface area contributed by atoms with Crippen LogP contribution < -0.4 is 5.32 Å². The zero-order chi connectivity index (χ0) is 12.4. The first-order valence-electron chi connectivity index (χ1n) is 6.00. The Balaban J connectivity index is 2.47. The second-order valence-corrected chi connectivity index (χ2v) is 4.31. The predicted octanol–water partition coefficient (Wildman–Crippen LogP) is 2.66. The number of Topliss-reactive ketones (excluding diaryl/α,β-unsaturated/α-hetero) is 1. The van der Waals surface area contributed by atoms with Crippen LogP contribution in [0, 0.1) is 6.92 Å². The summed E-state index contributed by atoms with van der Waals surface area (Å²) in [6.07, 6.45) is 0. The van der Waals surface area contributed by atoms with E-state index >= 15 is 0 Å². The number of fused-ring (bicyclic) bond motifs is 1. The third-order valence-corrected chi connectivity index (χ3v) is 3.04. The molecule has 1 heterocycles. The molecule has 0 radical (unpaired) electrons. The van der Waals surface area contributed by atoms with Crippen LogP contribution in [0.15, 0.2) is 24.3 Å². The van der Waals surface area contributed by atoms with E-state index in [9.17, 15) is 4.79 Å². The van der Waals surface area contributed by atoms with Crippen LogP contribution in [0.3, 0.4) is 0 Å². The average Bonchev–Trinajstić information content (AvgIpc) is 2.64. The van der Waals surface area contributed by atoms with E-state index in [-0.39, 0.29) is 11.8 Å². The minimum absolute atomic E-state index is 0.141. The van der Waals surface area contributed by atoms with E-state index in [4.69, 9.17) is 0 Å². The van der Waals surface area contributed by atoms with Gasteiger partial charge in [-0.1, -0.05) is 25.1 Å². The van der Waals surface area contributed by atoms with Gasteiger partial charge >= 0.3 is 0 Å². The van der Waals surface area contributed by atoms with Crippen molar-refractivity contribution in [3.8, 4) is 0 Å². The van der Waals surface area contributed by atoms with Gasteiger partial charge in [0.05, 0.1) is 6.04 Å². The molecule has 0 spiro atoms. The van der Waals surface area contributed by atoms with Crippen LogP contribution in [0.25, 0.3) is 10.9 Å². The lowest BCUT2D eigenvalue weighted by atomic mass is 10.0. The lowest BCUT2D eigenvalue weighted by Crippen LogP contribution is -2.33. The summed E-state index contributed by atoms with van der Waals surface area (Å²) in [4.78, 5) is 15.6. The maximum atomic E-state index is 12.3. The summed E-state index contributed by atoms with van der Waals surface area (Å²) in [5, 5.41) is 4.18. The van der Waals surface area contributed by atoms with E-state index in [1.165, 1.54) is 0 Å². The summed E-state index contributed by atoms with van der Waals surface area (Å²) in [5.41, 5.74) is 2.78. The molecule has 0 aliphatic heterocycles. The molecule has 0 saturated carbocycles. The number of ketones is 1. The molecule has 1 aromatic carbocycles. The Kier molecular flexibility index (Phi) is 3.29. The lowest BCUT2D eigenvalue weighted by Gasteiger charge is -2.11. The van der Waals surface area contributed by atoms with E-state index in [0.29, 0.717) is 0 Å². The van der Waals surface area contributed by atoms with Gasteiger partial charge in [-0.15, -0.1) is 0 Å². The van der Waals surface area contributed by atoms with Crippen molar-refractivity contribution in [2.75, 3.05) is 6.54 Å². The van der Waals surface area contributed by atoms with Crippen LogP contribution in [-0.4, -0.2) is 23.4 Å². The first-order valence-corrected chi connectivity index (χ1v) is 6.00. The molecule has 0 amide bonds. The molecular weight excluding hydrogens is 212 g/mol. The number of aromatic nitrogens is 1. The van der Waals surface area contributed by atoms with Crippen molar-refractivity contribution < 1.29 is 4.79 Å². The van der Waals surface area contributed by atoms with Gasteiger partial charge < -0.3 is 10.3 Å². The van der Waals surface area contributed by atoms with Crippen molar-refractivity contribution in [2.24, 2.45) is 0 Å². The summed E-state index contributed by atoms with van der Waals surface area (Å²) in [6, 6.07) is 7.78. The number of aryl methyl sites for hydroxylation is 1. The first kappa shape index (κ1) is 11.9. The molecule has 17 heavy (non-hydrogen) atoms. The summed E-state index contributed by atoms with van der Waals surface area (Å²) >= 11 is 0. The third-order valence-electron chi connectivity index (χ3n) is 3.04. The third kappa shape index (κ3) is 2.11. The number of hydrogen-bond donors (Lipinski definition) is 2. The summed E-state index contributed by atoms with van der Waals surface area (Å²) in [5.74, 6) is 0.154. The Bertz CT molecular complexity index is 542. The minimum atomic E-state index is -0.141. The van der Waals surface area contributed by atoms with Gasteiger partial charge in [-0.25, -0.2) is 0 Å². The fourth-order valence-electron chi connectivity index (χ4n) is 2.21. The molecule has 0 aliphatic rings. The fraction of sp³-hybridized carbons (Fsp3) is 0.357. The van der Waals surface area contributed by atoms with Crippen molar-refractivity contribution in [1.82, 2.24) is 10.3 Å². The van der Waals surface area contributed by atoms with Gasteiger partial charge in [0.25, 0.3) is 0 Å². The van der Waals surface area contributed by atoms with E-state index < -0.39 is 0 Å². The minimum Gasteiger partial charge on any atom is -0.358 e. The molecule has 2 rings (SSSR count). The summed E-state index contributed by atoms with van der Waals surface area (Å²) < 4.78 is 0. The molecule has 0 saturated heterocycles. The molecule has 90 valence electrons. The number of hydrogen-bond acceptors (Lipinski definition) is 2. The highest BCUT2D eigenvalue weighted by atomic mass is 16.1. The van der Waals surface area contributed by atoms with Gasteiger partial charge in [0.15, 0.2) is 5.78 Å². The van der Waals surface area contributed by atoms with E-state index in [1.807, 2.05) is 45.0 Å². The highest BCUT2D eigenvalue weighted by Crippen LogP contribution is 2.23. The van der Waals surface area contributed by atoms with Crippen molar-refractivity contribution in [2.45, 2.75) is 26.8 Å². The fourth-order valence-corrected chi connectivity index (χ4v) is 2.21. The molecule has 1 unspecified atom stereocenters. The normalized spacial score (nSPS) is 12.9. The highest BCUT2D eigenvalue weighted by molar-refractivity contribution is 6.11. The van der Waals surface area contributed by atoms with Crippen molar-refractivity contribution >= 4 is 16.7 Å².